The Morgan fingerprint density at radius 1 is 1.00 bits per heavy atom. The molecule has 0 amide bonds. The molecule has 13 heavy (non-hydrogen) atoms. The van der Waals surface area contributed by atoms with Gasteiger partial charge in [-0.05, 0) is 32.6 Å². The van der Waals surface area contributed by atoms with Gasteiger partial charge in [-0.3, -0.25) is 0 Å². The van der Waals surface area contributed by atoms with Crippen molar-refractivity contribution in [1.82, 2.24) is 0 Å². The molecule has 0 saturated heterocycles. The Kier molecular flexibility index (Phi) is 7.77. The van der Waals surface area contributed by atoms with Crippen molar-refractivity contribution in [3.63, 3.8) is 0 Å². The van der Waals surface area contributed by atoms with Gasteiger partial charge in [-0.15, -0.1) is 0 Å². The van der Waals surface area contributed by atoms with E-state index in [1.54, 1.807) is 5.57 Å². The van der Waals surface area contributed by atoms with E-state index in [0.29, 0.717) is 0 Å². The molecule has 0 aromatic carbocycles. The fourth-order valence-corrected chi connectivity index (χ4v) is 1.16. The summed E-state index contributed by atoms with van der Waals surface area (Å²) in [5, 5.41) is 0. The first-order valence-corrected chi connectivity index (χ1v) is 5.59. The maximum absolute atomic E-state index is 2.31. The highest BCUT2D eigenvalue weighted by Gasteiger charge is 1.91. The molecule has 0 atom stereocenters. The summed E-state index contributed by atoms with van der Waals surface area (Å²) in [6, 6.07) is 0. The first-order chi connectivity index (χ1) is 6.24. The van der Waals surface area contributed by atoms with Gasteiger partial charge >= 0.3 is 0 Å². The summed E-state index contributed by atoms with van der Waals surface area (Å²) in [5.74, 6) is 0. The normalized spacial score (nSPS) is 13.5. The molecule has 0 radical (unpaired) electrons. The van der Waals surface area contributed by atoms with E-state index in [-0.39, 0.29) is 0 Å². The smallest absolute Gasteiger partial charge is 0.0317 e. The Bertz CT molecular complexity index is 172. The zero-order valence-corrected chi connectivity index (χ0v) is 9.69. The molecule has 0 rings (SSSR count). The van der Waals surface area contributed by atoms with E-state index >= 15 is 0 Å². The van der Waals surface area contributed by atoms with E-state index in [1.165, 1.54) is 37.7 Å². The van der Waals surface area contributed by atoms with Crippen LogP contribution in [0.25, 0.3) is 0 Å². The van der Waals surface area contributed by atoms with Crippen molar-refractivity contribution in [2.45, 2.75) is 59.8 Å². The first-order valence-electron chi connectivity index (χ1n) is 5.59. The summed E-state index contributed by atoms with van der Waals surface area (Å²) in [5.41, 5.74) is 3.07. The molecular formula is C13H24. The zero-order valence-electron chi connectivity index (χ0n) is 9.69. The maximum atomic E-state index is 2.31. The average molecular weight is 180 g/mol. The first kappa shape index (κ1) is 12.5. The van der Waals surface area contributed by atoms with Crippen molar-refractivity contribution in [2.24, 2.45) is 0 Å². The molecule has 0 heteroatoms. The van der Waals surface area contributed by atoms with Crippen LogP contribution >= 0.6 is 0 Å². The van der Waals surface area contributed by atoms with Crippen molar-refractivity contribution in [2.75, 3.05) is 0 Å². The molecule has 0 saturated carbocycles. The molecule has 0 nitrogen and oxygen atoms in total. The van der Waals surface area contributed by atoms with Crippen LogP contribution in [-0.4, -0.2) is 0 Å². The Labute approximate surface area is 83.7 Å². The number of hydrogen-bond donors (Lipinski definition) is 0. The molecule has 0 aliphatic rings. The summed E-state index contributed by atoms with van der Waals surface area (Å²) in [6.07, 6.45) is 10.9. The van der Waals surface area contributed by atoms with Gasteiger partial charge in [0.25, 0.3) is 0 Å². The summed E-state index contributed by atoms with van der Waals surface area (Å²) in [7, 11) is 0. The van der Waals surface area contributed by atoms with Crippen molar-refractivity contribution in [1.29, 1.82) is 0 Å². The summed E-state index contributed by atoms with van der Waals surface area (Å²) < 4.78 is 0. The Morgan fingerprint density at radius 2 is 1.69 bits per heavy atom. The van der Waals surface area contributed by atoms with Crippen molar-refractivity contribution in [3.05, 3.63) is 23.3 Å². The minimum absolute atomic E-state index is 1.17. The highest BCUT2D eigenvalue weighted by molar-refractivity contribution is 5.16. The van der Waals surface area contributed by atoms with Crippen LogP contribution in [0.3, 0.4) is 0 Å². The molecule has 0 aromatic heterocycles. The van der Waals surface area contributed by atoms with Crippen LogP contribution in [0, 0.1) is 0 Å². The molecule has 0 unspecified atom stereocenters. The van der Waals surface area contributed by atoms with Crippen molar-refractivity contribution >= 4 is 0 Å². The van der Waals surface area contributed by atoms with Gasteiger partial charge in [0.2, 0.25) is 0 Å². The fraction of sp³-hybridized carbons (Fsp3) is 0.692. The number of rotatable bonds is 6. The Morgan fingerprint density at radius 3 is 2.15 bits per heavy atom. The third kappa shape index (κ3) is 6.62. The van der Waals surface area contributed by atoms with Crippen LogP contribution in [0.1, 0.15) is 59.8 Å². The quantitative estimate of drug-likeness (QED) is 0.512. The topological polar surface area (TPSA) is 0 Å². The second-order valence-corrected chi connectivity index (χ2v) is 3.65. The van der Waals surface area contributed by atoms with Crippen molar-refractivity contribution in [3.8, 4) is 0 Å². The van der Waals surface area contributed by atoms with Crippen LogP contribution in [0.2, 0.25) is 0 Å². The van der Waals surface area contributed by atoms with Crippen LogP contribution in [0.15, 0.2) is 23.3 Å². The van der Waals surface area contributed by atoms with Crippen LogP contribution in [0.4, 0.5) is 0 Å². The van der Waals surface area contributed by atoms with Gasteiger partial charge in [-0.2, -0.15) is 0 Å². The van der Waals surface area contributed by atoms with Gasteiger partial charge in [-0.25, -0.2) is 0 Å². The minimum atomic E-state index is 1.17. The van der Waals surface area contributed by atoms with E-state index in [9.17, 15) is 0 Å². The second kappa shape index (κ2) is 8.10. The van der Waals surface area contributed by atoms with E-state index in [4.69, 9.17) is 0 Å². The molecule has 0 aromatic rings. The van der Waals surface area contributed by atoms with Gasteiger partial charge < -0.3 is 0 Å². The predicted octanol–water partition coefficient (Wildman–Crippen LogP) is 4.87. The maximum Gasteiger partial charge on any atom is -0.0317 e. The third-order valence-electron chi connectivity index (χ3n) is 2.47. The molecule has 0 aliphatic heterocycles. The molecule has 0 heterocycles. The number of allylic oxidation sites excluding steroid dienone is 4. The molecular weight excluding hydrogens is 156 g/mol. The molecule has 76 valence electrons. The molecule has 0 bridgehead atoms. The summed E-state index contributed by atoms with van der Waals surface area (Å²) >= 11 is 0. The summed E-state index contributed by atoms with van der Waals surface area (Å²) in [6.45, 7) is 8.90. The van der Waals surface area contributed by atoms with Crippen LogP contribution in [-0.2, 0) is 0 Å². The molecule has 0 fully saturated rings. The van der Waals surface area contributed by atoms with Gasteiger partial charge in [0.15, 0.2) is 0 Å². The zero-order chi connectivity index (χ0) is 10.1. The lowest BCUT2D eigenvalue weighted by Gasteiger charge is -2.01. The highest BCUT2D eigenvalue weighted by atomic mass is 14.0. The predicted molar refractivity (Wildman–Crippen MR) is 61.9 cm³/mol. The minimum Gasteiger partial charge on any atom is -0.0736 e. The molecule has 0 aliphatic carbocycles. The van der Waals surface area contributed by atoms with Crippen LogP contribution in [0.5, 0.6) is 0 Å². The van der Waals surface area contributed by atoms with Gasteiger partial charge in [-0.1, -0.05) is 50.5 Å². The lowest BCUT2D eigenvalue weighted by atomic mass is 10.1. The van der Waals surface area contributed by atoms with Gasteiger partial charge in [0.1, 0.15) is 0 Å². The number of hydrogen-bond acceptors (Lipinski definition) is 0. The largest absolute Gasteiger partial charge is 0.0736 e. The van der Waals surface area contributed by atoms with Crippen LogP contribution < -0.4 is 0 Å². The standard InChI is InChI=1S/C13H24/c1-5-8-9-13(7-3)11-10-12(4)6-2/h10-11H,5-9H2,1-4H3/b12-10-,13-11+. The third-order valence-corrected chi connectivity index (χ3v) is 2.47. The Hall–Kier alpha value is -0.520. The van der Waals surface area contributed by atoms with Gasteiger partial charge in [0.05, 0.1) is 0 Å². The van der Waals surface area contributed by atoms with E-state index in [2.05, 4.69) is 39.8 Å². The highest BCUT2D eigenvalue weighted by Crippen LogP contribution is 2.12. The average Bonchev–Trinajstić information content (AvgIpc) is 2.17. The summed E-state index contributed by atoms with van der Waals surface area (Å²) in [4.78, 5) is 0. The number of unbranched alkanes of at least 4 members (excludes halogenated alkanes) is 1. The SMILES string of the molecule is CCCC/C(=C/C=C(/C)CC)CC. The van der Waals surface area contributed by atoms with Gasteiger partial charge in [0, 0.05) is 0 Å². The van der Waals surface area contributed by atoms with Crippen molar-refractivity contribution < 1.29 is 0 Å². The van der Waals surface area contributed by atoms with E-state index < -0.39 is 0 Å². The Balaban J connectivity index is 4.05. The lowest BCUT2D eigenvalue weighted by Crippen LogP contribution is -1.81. The monoisotopic (exact) mass is 180 g/mol. The lowest BCUT2D eigenvalue weighted by molar-refractivity contribution is 0.766. The second-order valence-electron chi connectivity index (χ2n) is 3.65. The van der Waals surface area contributed by atoms with E-state index in [1.807, 2.05) is 0 Å². The molecule has 0 N–H and O–H groups in total. The van der Waals surface area contributed by atoms with E-state index in [0.717, 1.165) is 0 Å². The fourth-order valence-electron chi connectivity index (χ4n) is 1.16. The molecule has 0 spiro atoms.